The summed E-state index contributed by atoms with van der Waals surface area (Å²) in [6, 6.07) is -0.587. The maximum Gasteiger partial charge on any atom is 0.326 e. The van der Waals surface area contributed by atoms with Crippen LogP contribution in [-0.4, -0.2) is 34.5 Å². The van der Waals surface area contributed by atoms with Crippen LogP contribution in [0.2, 0.25) is 0 Å². The molecule has 1 amide bonds. The normalized spacial score (nSPS) is 25.2. The third-order valence-electron chi connectivity index (χ3n) is 4.85. The first-order valence-corrected chi connectivity index (χ1v) is 8.21. The minimum absolute atomic E-state index is 0.0601. The molecule has 2 aliphatic rings. The van der Waals surface area contributed by atoms with Crippen molar-refractivity contribution in [3.8, 4) is 0 Å². The number of amides is 1. The van der Waals surface area contributed by atoms with E-state index in [0.717, 1.165) is 25.7 Å². The van der Waals surface area contributed by atoms with Gasteiger partial charge in [0.2, 0.25) is 5.91 Å². The summed E-state index contributed by atoms with van der Waals surface area (Å²) in [5, 5.41) is 9.31. The molecule has 4 heteroatoms. The Labute approximate surface area is 121 Å². The molecular formula is C16H27NO3. The largest absolute Gasteiger partial charge is 0.480 e. The Balaban J connectivity index is 1.86. The first-order valence-electron chi connectivity index (χ1n) is 8.21. The fourth-order valence-electron chi connectivity index (χ4n) is 3.61. The smallest absolute Gasteiger partial charge is 0.326 e. The average molecular weight is 281 g/mol. The Bertz CT molecular complexity index is 337. The van der Waals surface area contributed by atoms with Gasteiger partial charge in [-0.1, -0.05) is 44.9 Å². The van der Waals surface area contributed by atoms with Crippen molar-refractivity contribution in [2.45, 2.75) is 76.7 Å². The standard InChI is InChI=1S/C16H27NO3/c18-15(11-10-13-7-3-1-4-8-13)17-12-6-2-5-9-14(17)16(19)20/h13-14H,1-12H2,(H,19,20). The molecule has 0 bridgehead atoms. The third-order valence-corrected chi connectivity index (χ3v) is 4.85. The van der Waals surface area contributed by atoms with Gasteiger partial charge in [-0.25, -0.2) is 4.79 Å². The van der Waals surface area contributed by atoms with Gasteiger partial charge in [-0.3, -0.25) is 4.79 Å². The highest BCUT2D eigenvalue weighted by atomic mass is 16.4. The molecule has 1 unspecified atom stereocenters. The van der Waals surface area contributed by atoms with Crippen molar-refractivity contribution < 1.29 is 14.7 Å². The number of nitrogens with zero attached hydrogens (tertiary/aromatic N) is 1. The number of carbonyl (C=O) groups is 2. The summed E-state index contributed by atoms with van der Waals surface area (Å²) in [4.78, 5) is 25.3. The van der Waals surface area contributed by atoms with E-state index in [4.69, 9.17) is 0 Å². The van der Waals surface area contributed by atoms with Crippen molar-refractivity contribution in [2.24, 2.45) is 5.92 Å². The molecule has 4 nitrogen and oxygen atoms in total. The fourth-order valence-corrected chi connectivity index (χ4v) is 3.61. The van der Waals surface area contributed by atoms with E-state index in [-0.39, 0.29) is 5.91 Å². The van der Waals surface area contributed by atoms with Gasteiger partial charge >= 0.3 is 5.97 Å². The second-order valence-electron chi connectivity index (χ2n) is 6.33. The summed E-state index contributed by atoms with van der Waals surface area (Å²) in [5.74, 6) is -0.0919. The molecule has 0 aromatic rings. The highest BCUT2D eigenvalue weighted by Crippen LogP contribution is 2.28. The molecular weight excluding hydrogens is 254 g/mol. The fraction of sp³-hybridized carbons (Fsp3) is 0.875. The summed E-state index contributed by atoms with van der Waals surface area (Å²) >= 11 is 0. The van der Waals surface area contributed by atoms with Crippen LogP contribution in [0, 0.1) is 5.92 Å². The Kier molecular flexibility index (Phi) is 5.86. The van der Waals surface area contributed by atoms with Gasteiger partial charge in [0.1, 0.15) is 6.04 Å². The second kappa shape index (κ2) is 7.65. The summed E-state index contributed by atoms with van der Waals surface area (Å²) in [6.07, 6.45) is 11.4. The SMILES string of the molecule is O=C(O)C1CCCCCN1C(=O)CCC1CCCCC1. The minimum atomic E-state index is -0.835. The lowest BCUT2D eigenvalue weighted by Crippen LogP contribution is -2.44. The van der Waals surface area contributed by atoms with Crippen LogP contribution in [0.4, 0.5) is 0 Å². The minimum Gasteiger partial charge on any atom is -0.480 e. The molecule has 1 saturated carbocycles. The maximum absolute atomic E-state index is 12.4. The summed E-state index contributed by atoms with van der Waals surface area (Å²) < 4.78 is 0. The number of carboxylic acids is 1. The number of hydrogen-bond acceptors (Lipinski definition) is 2. The first-order chi connectivity index (χ1) is 9.68. The highest BCUT2D eigenvalue weighted by molar-refractivity contribution is 5.83. The van der Waals surface area contributed by atoms with E-state index in [1.807, 2.05) is 0 Å². The lowest BCUT2D eigenvalue weighted by atomic mass is 9.86. The van der Waals surface area contributed by atoms with Crippen LogP contribution in [0.3, 0.4) is 0 Å². The molecule has 0 spiro atoms. The van der Waals surface area contributed by atoms with E-state index >= 15 is 0 Å². The van der Waals surface area contributed by atoms with Crippen molar-refractivity contribution in [1.82, 2.24) is 4.90 Å². The Morgan fingerprint density at radius 3 is 2.30 bits per heavy atom. The first kappa shape index (κ1) is 15.3. The molecule has 1 aliphatic carbocycles. The van der Waals surface area contributed by atoms with E-state index in [1.54, 1.807) is 4.90 Å². The molecule has 0 aromatic heterocycles. The number of hydrogen-bond donors (Lipinski definition) is 1. The van der Waals surface area contributed by atoms with Crippen molar-refractivity contribution >= 4 is 11.9 Å². The Morgan fingerprint density at radius 1 is 0.950 bits per heavy atom. The van der Waals surface area contributed by atoms with E-state index < -0.39 is 12.0 Å². The molecule has 114 valence electrons. The topological polar surface area (TPSA) is 57.6 Å². The molecule has 1 atom stereocenters. The molecule has 2 fully saturated rings. The Hall–Kier alpha value is -1.06. The van der Waals surface area contributed by atoms with Gasteiger partial charge in [0.15, 0.2) is 0 Å². The van der Waals surface area contributed by atoms with Crippen molar-refractivity contribution in [2.75, 3.05) is 6.54 Å². The van der Waals surface area contributed by atoms with Gasteiger partial charge in [0.25, 0.3) is 0 Å². The lowest BCUT2D eigenvalue weighted by Gasteiger charge is -2.28. The molecule has 2 rings (SSSR count). The van der Waals surface area contributed by atoms with Crippen LogP contribution in [0.5, 0.6) is 0 Å². The quantitative estimate of drug-likeness (QED) is 0.861. The second-order valence-corrected chi connectivity index (χ2v) is 6.33. The van der Waals surface area contributed by atoms with Gasteiger partial charge in [0.05, 0.1) is 0 Å². The van der Waals surface area contributed by atoms with E-state index in [2.05, 4.69) is 0 Å². The molecule has 20 heavy (non-hydrogen) atoms. The van der Waals surface area contributed by atoms with E-state index in [0.29, 0.717) is 25.3 Å². The van der Waals surface area contributed by atoms with Crippen LogP contribution >= 0.6 is 0 Å². The van der Waals surface area contributed by atoms with Gasteiger partial charge in [0, 0.05) is 13.0 Å². The maximum atomic E-state index is 12.4. The number of aliphatic carboxylic acids is 1. The highest BCUT2D eigenvalue weighted by Gasteiger charge is 2.30. The predicted octanol–water partition coefficient (Wildman–Crippen LogP) is 3.20. The zero-order chi connectivity index (χ0) is 14.4. The molecule has 0 radical (unpaired) electrons. The molecule has 1 aliphatic heterocycles. The molecule has 1 heterocycles. The summed E-state index contributed by atoms with van der Waals surface area (Å²) in [5.41, 5.74) is 0. The zero-order valence-electron chi connectivity index (χ0n) is 12.4. The van der Waals surface area contributed by atoms with Gasteiger partial charge in [-0.2, -0.15) is 0 Å². The average Bonchev–Trinajstić information content (AvgIpc) is 2.71. The lowest BCUT2D eigenvalue weighted by molar-refractivity contribution is -0.150. The number of rotatable bonds is 4. The van der Waals surface area contributed by atoms with Gasteiger partial charge in [-0.05, 0) is 25.2 Å². The van der Waals surface area contributed by atoms with Gasteiger partial charge in [-0.15, -0.1) is 0 Å². The molecule has 0 aromatic carbocycles. The van der Waals surface area contributed by atoms with Crippen LogP contribution in [0.15, 0.2) is 0 Å². The summed E-state index contributed by atoms with van der Waals surface area (Å²) in [6.45, 7) is 0.625. The molecule has 1 N–H and O–H groups in total. The zero-order valence-corrected chi connectivity index (χ0v) is 12.4. The number of carboxylic acid groups (broad SMARTS) is 1. The van der Waals surface area contributed by atoms with Crippen LogP contribution in [0.1, 0.15) is 70.6 Å². The van der Waals surface area contributed by atoms with E-state index in [9.17, 15) is 14.7 Å². The van der Waals surface area contributed by atoms with Crippen LogP contribution in [-0.2, 0) is 9.59 Å². The van der Waals surface area contributed by atoms with Crippen molar-refractivity contribution in [1.29, 1.82) is 0 Å². The molecule has 1 saturated heterocycles. The van der Waals surface area contributed by atoms with Crippen molar-refractivity contribution in [3.05, 3.63) is 0 Å². The number of likely N-dealkylation sites (tertiary alicyclic amines) is 1. The van der Waals surface area contributed by atoms with Crippen LogP contribution in [0.25, 0.3) is 0 Å². The monoisotopic (exact) mass is 281 g/mol. The predicted molar refractivity (Wildman–Crippen MR) is 77.4 cm³/mol. The third kappa shape index (κ3) is 4.22. The van der Waals surface area contributed by atoms with Crippen LogP contribution < -0.4 is 0 Å². The Morgan fingerprint density at radius 2 is 1.60 bits per heavy atom. The van der Waals surface area contributed by atoms with Crippen molar-refractivity contribution in [3.63, 3.8) is 0 Å². The summed E-state index contributed by atoms with van der Waals surface area (Å²) in [7, 11) is 0. The number of carbonyl (C=O) groups excluding carboxylic acids is 1. The van der Waals surface area contributed by atoms with Gasteiger partial charge < -0.3 is 10.0 Å². The van der Waals surface area contributed by atoms with E-state index in [1.165, 1.54) is 32.1 Å².